The molecule has 5 heavy (non-hydrogen) atoms. The second-order valence-corrected chi connectivity index (χ2v) is 2.36. The average Bonchev–Trinajstić information content (AvgIpc) is 1.38. The van der Waals surface area contributed by atoms with Gasteiger partial charge in [0.05, 0.1) is 12.3 Å². The molecule has 0 aliphatic carbocycles. The summed E-state index contributed by atoms with van der Waals surface area (Å²) in [5, 5.41) is 16.1. The van der Waals surface area contributed by atoms with E-state index in [1.165, 1.54) is 0 Å². The number of aliphatic hydroxyl groups excluding tert-OH is 2. The molecule has 0 aliphatic rings. The highest BCUT2D eigenvalue weighted by molar-refractivity contribution is 6.10. The first-order valence-electron chi connectivity index (χ1n) is 1.56. The minimum atomic E-state index is -0.421. The minimum Gasteiger partial charge on any atom is -0.395 e. The summed E-state index contributed by atoms with van der Waals surface area (Å²) in [4.78, 5) is 0. The van der Waals surface area contributed by atoms with Crippen LogP contribution >= 0.6 is 0 Å². The predicted octanol–water partition coefficient (Wildman–Crippen LogP) is -2.34. The molecule has 0 rings (SSSR count). The third-order valence-corrected chi connectivity index (χ3v) is 0.629. The third kappa shape index (κ3) is 4.14. The van der Waals surface area contributed by atoms with Gasteiger partial charge in [0, 0.05) is 10.2 Å². The molecule has 0 aromatic carbocycles. The Labute approximate surface area is 33.9 Å². The Kier molecular flexibility index (Phi) is 2.44. The van der Waals surface area contributed by atoms with Crippen LogP contribution in [0.4, 0.5) is 0 Å². The molecule has 32 valence electrons. The second-order valence-electron chi connectivity index (χ2n) is 1.03. The first kappa shape index (κ1) is 5.14. The topological polar surface area (TPSA) is 40.5 Å². The Balaban J connectivity index is 2.54. The maximum Gasteiger partial charge on any atom is 0.0651 e. The van der Waals surface area contributed by atoms with Crippen LogP contribution in [0.3, 0.4) is 0 Å². The van der Waals surface area contributed by atoms with Gasteiger partial charge in [-0.3, -0.25) is 0 Å². The van der Waals surface area contributed by atoms with E-state index in [1.54, 1.807) is 0 Å². The summed E-state index contributed by atoms with van der Waals surface area (Å²) in [6.45, 7) is -0.0772. The number of rotatable bonds is 1. The molecule has 0 aliphatic heterocycles. The van der Waals surface area contributed by atoms with Gasteiger partial charge in [0.1, 0.15) is 0 Å². The Morgan fingerprint density at radius 1 is 1.80 bits per heavy atom. The molecule has 2 nitrogen and oxygen atoms in total. The van der Waals surface area contributed by atoms with Gasteiger partial charge < -0.3 is 10.2 Å². The van der Waals surface area contributed by atoms with Gasteiger partial charge in [0.15, 0.2) is 0 Å². The van der Waals surface area contributed by atoms with Crippen molar-refractivity contribution in [1.29, 1.82) is 0 Å². The molecule has 0 aromatic heterocycles. The Bertz CT molecular complexity index is 21.6. The summed E-state index contributed by atoms with van der Waals surface area (Å²) in [6.07, 6.45) is 0. The van der Waals surface area contributed by atoms with E-state index in [-0.39, 0.29) is 6.61 Å². The van der Waals surface area contributed by atoms with Crippen molar-refractivity contribution < 1.29 is 10.2 Å². The lowest BCUT2D eigenvalue weighted by Gasteiger charge is -1.90. The summed E-state index contributed by atoms with van der Waals surface area (Å²) in [5.41, 5.74) is -0.421. The van der Waals surface area contributed by atoms with Crippen LogP contribution in [-0.2, 0) is 0 Å². The molecule has 0 fully saturated rings. The van der Waals surface area contributed by atoms with Crippen LogP contribution in [0.1, 0.15) is 0 Å². The molecule has 0 spiro atoms. The standard InChI is InChI=1S/C2H8O2Si/c3-1-2(4)5/h2-4H,1H2,5H3. The van der Waals surface area contributed by atoms with Crippen molar-refractivity contribution in [3.8, 4) is 0 Å². The van der Waals surface area contributed by atoms with Crippen LogP contribution in [0.5, 0.6) is 0 Å². The first-order chi connectivity index (χ1) is 2.27. The van der Waals surface area contributed by atoms with E-state index >= 15 is 0 Å². The van der Waals surface area contributed by atoms with E-state index in [4.69, 9.17) is 10.2 Å². The zero-order chi connectivity index (χ0) is 4.28. The number of hydrogen-bond donors (Lipinski definition) is 2. The van der Waals surface area contributed by atoms with Gasteiger partial charge in [0.2, 0.25) is 0 Å². The molecule has 2 N–H and O–H groups in total. The number of aliphatic hydroxyl groups is 2. The van der Waals surface area contributed by atoms with Crippen LogP contribution in [0.2, 0.25) is 0 Å². The average molecular weight is 92.2 g/mol. The highest BCUT2D eigenvalue weighted by Crippen LogP contribution is 1.61. The highest BCUT2D eigenvalue weighted by Gasteiger charge is 1.83. The second kappa shape index (κ2) is 2.38. The molecule has 0 amide bonds. The van der Waals surface area contributed by atoms with E-state index in [0.29, 0.717) is 10.2 Å². The number of hydrogen-bond acceptors (Lipinski definition) is 2. The Hall–Kier alpha value is 0.137. The fourth-order valence-corrected chi connectivity index (χ4v) is 0. The molecular weight excluding hydrogens is 84.1 g/mol. The van der Waals surface area contributed by atoms with Gasteiger partial charge in [-0.15, -0.1) is 0 Å². The summed E-state index contributed by atoms with van der Waals surface area (Å²) >= 11 is 0. The van der Waals surface area contributed by atoms with Crippen molar-refractivity contribution >= 4 is 10.2 Å². The lowest BCUT2D eigenvalue weighted by atomic mass is 10.8. The van der Waals surface area contributed by atoms with Gasteiger partial charge in [0.25, 0.3) is 0 Å². The smallest absolute Gasteiger partial charge is 0.0651 e. The van der Waals surface area contributed by atoms with Crippen molar-refractivity contribution in [3.63, 3.8) is 0 Å². The van der Waals surface area contributed by atoms with E-state index in [1.807, 2.05) is 0 Å². The molecule has 0 aromatic rings. The molecular formula is C2H8O2Si. The van der Waals surface area contributed by atoms with Crippen molar-refractivity contribution in [1.82, 2.24) is 0 Å². The lowest BCUT2D eigenvalue weighted by Crippen LogP contribution is -2.09. The van der Waals surface area contributed by atoms with Crippen LogP contribution in [0.25, 0.3) is 0 Å². The van der Waals surface area contributed by atoms with E-state index < -0.39 is 5.73 Å². The normalized spacial score (nSPS) is 15.6. The molecule has 0 radical (unpaired) electrons. The molecule has 3 heteroatoms. The monoisotopic (exact) mass is 92.0 g/mol. The van der Waals surface area contributed by atoms with Gasteiger partial charge in [-0.1, -0.05) is 0 Å². The summed E-state index contributed by atoms with van der Waals surface area (Å²) in [5.74, 6) is 0. The van der Waals surface area contributed by atoms with Crippen LogP contribution in [-0.4, -0.2) is 32.8 Å². The fraction of sp³-hybridized carbons (Fsp3) is 1.00. The largest absolute Gasteiger partial charge is 0.395 e. The van der Waals surface area contributed by atoms with Gasteiger partial charge in [-0.25, -0.2) is 0 Å². The fourth-order valence-electron chi connectivity index (χ4n) is 0. The summed E-state index contributed by atoms with van der Waals surface area (Å²) < 4.78 is 0. The van der Waals surface area contributed by atoms with Gasteiger partial charge in [-0.2, -0.15) is 0 Å². The van der Waals surface area contributed by atoms with Crippen LogP contribution in [0.15, 0.2) is 0 Å². The predicted molar refractivity (Wildman–Crippen MR) is 23.0 cm³/mol. The Morgan fingerprint density at radius 2 is 2.00 bits per heavy atom. The molecule has 0 heterocycles. The quantitative estimate of drug-likeness (QED) is 0.356. The van der Waals surface area contributed by atoms with Gasteiger partial charge in [-0.05, 0) is 0 Å². The van der Waals surface area contributed by atoms with E-state index in [2.05, 4.69) is 0 Å². The van der Waals surface area contributed by atoms with Crippen molar-refractivity contribution in [2.24, 2.45) is 0 Å². The SMILES string of the molecule is OCC(O)[SiH3]. The summed E-state index contributed by atoms with van der Waals surface area (Å²) in [7, 11) is 0.675. The molecule has 0 saturated carbocycles. The molecule has 1 unspecified atom stereocenters. The van der Waals surface area contributed by atoms with Crippen LogP contribution in [0, 0.1) is 0 Å². The highest BCUT2D eigenvalue weighted by atomic mass is 28.1. The molecule has 0 saturated heterocycles. The Morgan fingerprint density at radius 3 is 2.00 bits per heavy atom. The zero-order valence-corrected chi connectivity index (χ0v) is 5.18. The maximum absolute atomic E-state index is 8.17. The lowest BCUT2D eigenvalue weighted by molar-refractivity contribution is 0.155. The minimum absolute atomic E-state index is 0.0772. The maximum atomic E-state index is 8.17. The molecule has 1 atom stereocenters. The van der Waals surface area contributed by atoms with Crippen LogP contribution < -0.4 is 0 Å². The van der Waals surface area contributed by atoms with Crippen molar-refractivity contribution in [2.45, 2.75) is 5.73 Å². The molecule has 0 bridgehead atoms. The first-order valence-corrected chi connectivity index (χ1v) is 2.71. The van der Waals surface area contributed by atoms with E-state index in [0.717, 1.165) is 0 Å². The summed E-state index contributed by atoms with van der Waals surface area (Å²) in [6, 6.07) is 0. The van der Waals surface area contributed by atoms with Gasteiger partial charge >= 0.3 is 0 Å². The van der Waals surface area contributed by atoms with Crippen molar-refractivity contribution in [2.75, 3.05) is 6.61 Å². The van der Waals surface area contributed by atoms with E-state index in [9.17, 15) is 0 Å². The third-order valence-electron chi connectivity index (χ3n) is 0.264. The zero-order valence-electron chi connectivity index (χ0n) is 3.18. The van der Waals surface area contributed by atoms with Crippen molar-refractivity contribution in [3.05, 3.63) is 0 Å².